The van der Waals surface area contributed by atoms with Gasteiger partial charge in [0.1, 0.15) is 6.10 Å². The number of hydrogen-bond donors (Lipinski definition) is 3. The second-order valence-corrected chi connectivity index (χ2v) is 7.68. The molecule has 1 unspecified atom stereocenters. The van der Waals surface area contributed by atoms with E-state index < -0.39 is 6.10 Å². The third kappa shape index (κ3) is 8.90. The molecule has 144 valence electrons. The van der Waals surface area contributed by atoms with E-state index in [0.29, 0.717) is 17.0 Å². The summed E-state index contributed by atoms with van der Waals surface area (Å²) in [4.78, 5) is 5.28. The Morgan fingerprint density at radius 3 is 2.80 bits per heavy atom. The van der Waals surface area contributed by atoms with Crippen molar-refractivity contribution in [2.75, 3.05) is 26.2 Å². The number of nitrogens with one attached hydrogen (secondary N) is 2. The number of thiophene rings is 1. The molecule has 1 aliphatic rings. The number of rotatable bonds is 9. The summed E-state index contributed by atoms with van der Waals surface area (Å²) in [5, 5.41) is 16.6. The summed E-state index contributed by atoms with van der Waals surface area (Å²) in [7, 11) is 0. The zero-order valence-corrected chi connectivity index (χ0v) is 18.6. The van der Waals surface area contributed by atoms with Crippen molar-refractivity contribution in [2.45, 2.75) is 51.2 Å². The Kier molecular flexibility index (Phi) is 12.1. The van der Waals surface area contributed by atoms with Crippen molar-refractivity contribution < 1.29 is 9.84 Å². The van der Waals surface area contributed by atoms with Crippen molar-refractivity contribution in [1.82, 2.24) is 10.6 Å². The number of aliphatic hydroxyl groups excluding tert-OH is 1. The normalized spacial score (nSPS) is 16.5. The van der Waals surface area contributed by atoms with E-state index in [1.807, 2.05) is 13.0 Å². The first-order chi connectivity index (χ1) is 11.7. The van der Waals surface area contributed by atoms with Gasteiger partial charge in [-0.3, -0.25) is 4.99 Å². The Balaban J connectivity index is 0.00000312. The summed E-state index contributed by atoms with van der Waals surface area (Å²) in [6, 6.07) is 3.64. The lowest BCUT2D eigenvalue weighted by Crippen LogP contribution is -2.38. The van der Waals surface area contributed by atoms with Crippen molar-refractivity contribution in [3.05, 3.63) is 21.3 Å². The fourth-order valence-electron chi connectivity index (χ4n) is 2.70. The first-order valence-electron chi connectivity index (χ1n) is 8.76. The van der Waals surface area contributed by atoms with Crippen LogP contribution < -0.4 is 10.6 Å². The van der Waals surface area contributed by atoms with Crippen LogP contribution in [-0.2, 0) is 4.74 Å². The second-order valence-electron chi connectivity index (χ2n) is 5.93. The van der Waals surface area contributed by atoms with E-state index in [2.05, 4.69) is 15.6 Å². The number of hydrogen-bond acceptors (Lipinski definition) is 4. The van der Waals surface area contributed by atoms with E-state index in [1.165, 1.54) is 37.0 Å². The van der Waals surface area contributed by atoms with Crippen molar-refractivity contribution in [3.8, 4) is 0 Å². The molecule has 0 bridgehead atoms. The SMILES string of the molecule is CCNC(=NCC(O)c1ccc(Cl)s1)NCCCOC1CCCC1.I. The minimum Gasteiger partial charge on any atom is -0.386 e. The predicted octanol–water partition coefficient (Wildman–Crippen LogP) is 3.96. The number of aliphatic imine (C=N–C) groups is 1. The van der Waals surface area contributed by atoms with Gasteiger partial charge in [-0.1, -0.05) is 24.4 Å². The quantitative estimate of drug-likeness (QED) is 0.207. The summed E-state index contributed by atoms with van der Waals surface area (Å²) in [6.45, 7) is 4.71. The van der Waals surface area contributed by atoms with Gasteiger partial charge in [0.2, 0.25) is 0 Å². The number of nitrogens with zero attached hydrogens (tertiary/aromatic N) is 1. The molecule has 1 aliphatic carbocycles. The number of aliphatic hydroxyl groups is 1. The molecule has 1 fully saturated rings. The average Bonchev–Trinajstić information content (AvgIpc) is 3.23. The lowest BCUT2D eigenvalue weighted by molar-refractivity contribution is 0.0574. The molecule has 0 radical (unpaired) electrons. The Morgan fingerprint density at radius 2 is 2.16 bits per heavy atom. The minimum absolute atomic E-state index is 0. The van der Waals surface area contributed by atoms with Gasteiger partial charge in [-0.05, 0) is 38.3 Å². The fraction of sp³-hybridized carbons (Fsp3) is 0.706. The molecule has 3 N–H and O–H groups in total. The molecule has 2 rings (SSSR count). The molecule has 0 amide bonds. The summed E-state index contributed by atoms with van der Waals surface area (Å²) >= 11 is 7.28. The first kappa shape index (κ1) is 23.0. The molecule has 0 spiro atoms. The highest BCUT2D eigenvalue weighted by Crippen LogP contribution is 2.26. The molecule has 5 nitrogen and oxygen atoms in total. The first-order valence-corrected chi connectivity index (χ1v) is 9.95. The number of ether oxygens (including phenoxy) is 1. The second kappa shape index (κ2) is 13.1. The van der Waals surface area contributed by atoms with Gasteiger partial charge in [-0.25, -0.2) is 0 Å². The van der Waals surface area contributed by atoms with Crippen LogP contribution in [0.1, 0.15) is 50.0 Å². The van der Waals surface area contributed by atoms with Crippen LogP contribution in [0.15, 0.2) is 17.1 Å². The zero-order chi connectivity index (χ0) is 17.2. The highest BCUT2D eigenvalue weighted by Gasteiger charge is 2.14. The van der Waals surface area contributed by atoms with Crippen LogP contribution in [0, 0.1) is 0 Å². The third-order valence-electron chi connectivity index (χ3n) is 3.96. The molecule has 1 heterocycles. The van der Waals surface area contributed by atoms with Gasteiger partial charge in [-0.2, -0.15) is 0 Å². The molecular weight excluding hydrogens is 473 g/mol. The molecular formula is C17H29ClIN3O2S. The smallest absolute Gasteiger partial charge is 0.191 e. The Hall–Kier alpha value is -0.0900. The maximum absolute atomic E-state index is 10.2. The summed E-state index contributed by atoms with van der Waals surface area (Å²) in [6.07, 6.45) is 5.83. The van der Waals surface area contributed by atoms with E-state index in [-0.39, 0.29) is 24.0 Å². The topological polar surface area (TPSA) is 65.9 Å². The Morgan fingerprint density at radius 1 is 1.40 bits per heavy atom. The monoisotopic (exact) mass is 501 g/mol. The molecule has 1 atom stereocenters. The van der Waals surface area contributed by atoms with Crippen LogP contribution >= 0.6 is 46.9 Å². The van der Waals surface area contributed by atoms with Crippen LogP contribution in [0.2, 0.25) is 4.34 Å². The summed E-state index contributed by atoms with van der Waals surface area (Å²) in [5.74, 6) is 0.722. The highest BCUT2D eigenvalue weighted by atomic mass is 127. The van der Waals surface area contributed by atoms with E-state index in [4.69, 9.17) is 16.3 Å². The summed E-state index contributed by atoms with van der Waals surface area (Å²) in [5.41, 5.74) is 0. The number of guanidine groups is 1. The van der Waals surface area contributed by atoms with Gasteiger partial charge in [0.25, 0.3) is 0 Å². The van der Waals surface area contributed by atoms with Crippen molar-refractivity contribution in [2.24, 2.45) is 4.99 Å². The highest BCUT2D eigenvalue weighted by molar-refractivity contribution is 14.0. The van der Waals surface area contributed by atoms with Gasteiger partial charge >= 0.3 is 0 Å². The van der Waals surface area contributed by atoms with Crippen LogP contribution in [0.5, 0.6) is 0 Å². The van der Waals surface area contributed by atoms with Crippen LogP contribution in [-0.4, -0.2) is 43.4 Å². The molecule has 1 aromatic heterocycles. The van der Waals surface area contributed by atoms with Crippen LogP contribution in [0.4, 0.5) is 0 Å². The maximum Gasteiger partial charge on any atom is 0.191 e. The molecule has 25 heavy (non-hydrogen) atoms. The van der Waals surface area contributed by atoms with Gasteiger partial charge in [0.15, 0.2) is 5.96 Å². The Labute approximate surface area is 176 Å². The van der Waals surface area contributed by atoms with Gasteiger partial charge in [0.05, 0.1) is 17.0 Å². The largest absolute Gasteiger partial charge is 0.386 e. The van der Waals surface area contributed by atoms with Gasteiger partial charge in [0, 0.05) is 24.6 Å². The van der Waals surface area contributed by atoms with Gasteiger partial charge < -0.3 is 20.5 Å². The van der Waals surface area contributed by atoms with E-state index in [0.717, 1.165) is 37.0 Å². The van der Waals surface area contributed by atoms with Gasteiger partial charge in [-0.15, -0.1) is 35.3 Å². The van der Waals surface area contributed by atoms with Crippen molar-refractivity contribution >= 4 is 52.9 Å². The zero-order valence-electron chi connectivity index (χ0n) is 14.7. The minimum atomic E-state index is -0.622. The summed E-state index contributed by atoms with van der Waals surface area (Å²) < 4.78 is 6.53. The van der Waals surface area contributed by atoms with Crippen LogP contribution in [0.25, 0.3) is 0 Å². The van der Waals surface area contributed by atoms with Crippen LogP contribution in [0.3, 0.4) is 0 Å². The van der Waals surface area contributed by atoms with Crippen molar-refractivity contribution in [1.29, 1.82) is 0 Å². The maximum atomic E-state index is 10.2. The molecule has 1 saturated carbocycles. The average molecular weight is 502 g/mol. The lowest BCUT2D eigenvalue weighted by Gasteiger charge is -2.14. The molecule has 1 aromatic rings. The molecule has 8 heteroatoms. The third-order valence-corrected chi connectivity index (χ3v) is 5.29. The predicted molar refractivity (Wildman–Crippen MR) is 117 cm³/mol. The Bertz CT molecular complexity index is 510. The fourth-order valence-corrected chi connectivity index (χ4v) is 3.74. The van der Waals surface area contributed by atoms with E-state index >= 15 is 0 Å². The van der Waals surface area contributed by atoms with Crippen molar-refractivity contribution in [3.63, 3.8) is 0 Å². The standard InChI is InChI=1S/C17H28ClN3O2S.HI/c1-2-19-17(20-10-5-11-23-13-6-3-4-7-13)21-12-14(22)15-8-9-16(18)24-15;/h8-9,13-14,22H,2-7,10-12H2,1H3,(H2,19,20,21);1H. The number of halogens is 2. The molecule has 0 saturated heterocycles. The van der Waals surface area contributed by atoms with E-state index in [9.17, 15) is 5.11 Å². The van der Waals surface area contributed by atoms with E-state index in [1.54, 1.807) is 6.07 Å². The molecule has 0 aromatic carbocycles. The lowest BCUT2D eigenvalue weighted by atomic mass is 10.3. The molecule has 0 aliphatic heterocycles.